The maximum absolute atomic E-state index is 8.52. The average Bonchev–Trinajstić information content (AvgIpc) is 2.57. The molecule has 0 aliphatic heterocycles. The molecule has 1 aromatic heterocycles. The quantitative estimate of drug-likeness (QED) is 0.736. The summed E-state index contributed by atoms with van der Waals surface area (Å²) < 4.78 is 0. The molecule has 1 atom stereocenters. The van der Waals surface area contributed by atoms with E-state index in [0.29, 0.717) is 12.5 Å². The molecule has 4 heteroatoms. The van der Waals surface area contributed by atoms with E-state index < -0.39 is 0 Å². The summed E-state index contributed by atoms with van der Waals surface area (Å²) in [4.78, 5) is 6.33. The molecule has 0 N–H and O–H groups in total. The minimum atomic E-state index is 0.300. The topological polar surface area (TPSA) is 39.9 Å². The standard InChI is InChI=1S/C9H13N3S/c1-8(3-4-10)12(2)7-9-11-5-6-13-9/h5-6,8H,3,7H2,1-2H3. The smallest absolute Gasteiger partial charge is 0.107 e. The summed E-state index contributed by atoms with van der Waals surface area (Å²) in [6.07, 6.45) is 2.38. The van der Waals surface area contributed by atoms with Gasteiger partial charge in [-0.25, -0.2) is 4.98 Å². The van der Waals surface area contributed by atoms with Gasteiger partial charge in [0.05, 0.1) is 19.0 Å². The van der Waals surface area contributed by atoms with Crippen LogP contribution in [0.2, 0.25) is 0 Å². The Morgan fingerprint density at radius 3 is 3.08 bits per heavy atom. The van der Waals surface area contributed by atoms with Crippen LogP contribution in [0.15, 0.2) is 11.6 Å². The Kier molecular flexibility index (Phi) is 3.87. The van der Waals surface area contributed by atoms with Crippen LogP contribution in [-0.4, -0.2) is 23.0 Å². The monoisotopic (exact) mass is 195 g/mol. The minimum Gasteiger partial charge on any atom is -0.296 e. The van der Waals surface area contributed by atoms with Crippen LogP contribution in [0.25, 0.3) is 0 Å². The Bertz CT molecular complexity index is 276. The van der Waals surface area contributed by atoms with E-state index in [4.69, 9.17) is 5.26 Å². The van der Waals surface area contributed by atoms with Gasteiger partial charge in [0.1, 0.15) is 5.01 Å². The first-order valence-corrected chi connectivity index (χ1v) is 5.07. The van der Waals surface area contributed by atoms with Crippen molar-refractivity contribution in [2.24, 2.45) is 0 Å². The Balaban J connectivity index is 2.42. The van der Waals surface area contributed by atoms with Crippen molar-refractivity contribution in [1.29, 1.82) is 5.26 Å². The highest BCUT2D eigenvalue weighted by molar-refractivity contribution is 7.09. The molecule has 3 nitrogen and oxygen atoms in total. The van der Waals surface area contributed by atoms with E-state index in [-0.39, 0.29) is 0 Å². The first-order chi connectivity index (χ1) is 6.24. The fraction of sp³-hybridized carbons (Fsp3) is 0.556. The predicted molar refractivity (Wildman–Crippen MR) is 53.3 cm³/mol. The Morgan fingerprint density at radius 1 is 1.77 bits per heavy atom. The average molecular weight is 195 g/mol. The first kappa shape index (κ1) is 10.2. The van der Waals surface area contributed by atoms with Gasteiger partial charge in [-0.15, -0.1) is 11.3 Å². The van der Waals surface area contributed by atoms with Crippen LogP contribution in [-0.2, 0) is 6.54 Å². The Hall–Kier alpha value is -0.920. The molecule has 70 valence electrons. The van der Waals surface area contributed by atoms with Gasteiger partial charge in [0.2, 0.25) is 0 Å². The fourth-order valence-electron chi connectivity index (χ4n) is 0.988. The van der Waals surface area contributed by atoms with E-state index >= 15 is 0 Å². The lowest BCUT2D eigenvalue weighted by Gasteiger charge is -2.20. The highest BCUT2D eigenvalue weighted by Gasteiger charge is 2.09. The molecular formula is C9H13N3S. The molecule has 0 saturated heterocycles. The fourth-order valence-corrected chi connectivity index (χ4v) is 1.67. The largest absolute Gasteiger partial charge is 0.296 e. The molecule has 1 unspecified atom stereocenters. The number of hydrogen-bond acceptors (Lipinski definition) is 4. The van der Waals surface area contributed by atoms with Crippen molar-refractivity contribution in [3.63, 3.8) is 0 Å². The molecule has 0 aliphatic rings. The third-order valence-corrected chi connectivity index (χ3v) is 2.77. The van der Waals surface area contributed by atoms with Crippen LogP contribution in [0, 0.1) is 11.3 Å². The zero-order valence-corrected chi connectivity index (χ0v) is 8.71. The molecule has 0 saturated carbocycles. The third kappa shape index (κ3) is 3.13. The van der Waals surface area contributed by atoms with Gasteiger partial charge in [0.25, 0.3) is 0 Å². The number of nitrogens with zero attached hydrogens (tertiary/aromatic N) is 3. The van der Waals surface area contributed by atoms with Crippen molar-refractivity contribution >= 4 is 11.3 Å². The van der Waals surface area contributed by atoms with Crippen LogP contribution in [0.1, 0.15) is 18.4 Å². The van der Waals surface area contributed by atoms with E-state index in [9.17, 15) is 0 Å². The maximum atomic E-state index is 8.52. The predicted octanol–water partition coefficient (Wildman–Crippen LogP) is 1.88. The molecule has 0 spiro atoms. The number of aromatic nitrogens is 1. The van der Waals surface area contributed by atoms with Gasteiger partial charge < -0.3 is 0 Å². The maximum Gasteiger partial charge on any atom is 0.107 e. The molecule has 0 radical (unpaired) electrons. The molecule has 1 aromatic rings. The molecule has 0 amide bonds. The van der Waals surface area contributed by atoms with Crippen LogP contribution in [0.4, 0.5) is 0 Å². The van der Waals surface area contributed by atoms with Gasteiger partial charge in [0.15, 0.2) is 0 Å². The van der Waals surface area contributed by atoms with Crippen molar-refractivity contribution in [1.82, 2.24) is 9.88 Å². The molecule has 0 aliphatic carbocycles. The lowest BCUT2D eigenvalue weighted by molar-refractivity contribution is 0.252. The summed E-state index contributed by atoms with van der Waals surface area (Å²) in [5, 5.41) is 11.6. The summed E-state index contributed by atoms with van der Waals surface area (Å²) in [5.41, 5.74) is 0. The van der Waals surface area contributed by atoms with Gasteiger partial charge in [0, 0.05) is 17.6 Å². The number of nitriles is 1. The van der Waals surface area contributed by atoms with Gasteiger partial charge in [-0.1, -0.05) is 0 Å². The second-order valence-electron chi connectivity index (χ2n) is 3.05. The Labute approximate surface area is 82.6 Å². The minimum absolute atomic E-state index is 0.300. The number of hydrogen-bond donors (Lipinski definition) is 0. The second kappa shape index (κ2) is 4.95. The molecule has 1 heterocycles. The third-order valence-electron chi connectivity index (χ3n) is 2.01. The zero-order chi connectivity index (χ0) is 9.68. The number of rotatable bonds is 4. The molecular weight excluding hydrogens is 182 g/mol. The van der Waals surface area contributed by atoms with Crippen LogP contribution in [0.3, 0.4) is 0 Å². The summed E-state index contributed by atoms with van der Waals surface area (Å²) >= 11 is 1.65. The summed E-state index contributed by atoms with van der Waals surface area (Å²) in [5.74, 6) is 0. The Morgan fingerprint density at radius 2 is 2.54 bits per heavy atom. The molecule has 0 bridgehead atoms. The molecule has 13 heavy (non-hydrogen) atoms. The van der Waals surface area contributed by atoms with Crippen molar-refractivity contribution in [3.05, 3.63) is 16.6 Å². The zero-order valence-electron chi connectivity index (χ0n) is 7.90. The van der Waals surface area contributed by atoms with Crippen molar-refractivity contribution in [2.75, 3.05) is 7.05 Å². The second-order valence-corrected chi connectivity index (χ2v) is 4.03. The normalized spacial score (nSPS) is 12.8. The summed E-state index contributed by atoms with van der Waals surface area (Å²) in [7, 11) is 2.02. The van der Waals surface area contributed by atoms with Gasteiger partial charge in [-0.3, -0.25) is 4.90 Å². The van der Waals surface area contributed by atoms with Gasteiger partial charge in [-0.2, -0.15) is 5.26 Å². The molecule has 0 fully saturated rings. The summed E-state index contributed by atoms with van der Waals surface area (Å²) in [6, 6.07) is 2.47. The SMILES string of the molecule is CC(CC#N)N(C)Cc1nccs1. The van der Waals surface area contributed by atoms with E-state index in [1.807, 2.05) is 18.6 Å². The molecule has 0 aromatic carbocycles. The van der Waals surface area contributed by atoms with Crippen molar-refractivity contribution in [3.8, 4) is 6.07 Å². The summed E-state index contributed by atoms with van der Waals surface area (Å²) in [6.45, 7) is 2.89. The van der Waals surface area contributed by atoms with Crippen molar-refractivity contribution in [2.45, 2.75) is 25.9 Å². The van der Waals surface area contributed by atoms with Crippen LogP contribution in [0.5, 0.6) is 0 Å². The van der Waals surface area contributed by atoms with Gasteiger partial charge in [-0.05, 0) is 14.0 Å². The van der Waals surface area contributed by atoms with Crippen LogP contribution >= 0.6 is 11.3 Å². The highest BCUT2D eigenvalue weighted by atomic mass is 32.1. The number of thiazole rings is 1. The lowest BCUT2D eigenvalue weighted by atomic mass is 10.2. The van der Waals surface area contributed by atoms with E-state index in [1.54, 1.807) is 11.3 Å². The lowest BCUT2D eigenvalue weighted by Crippen LogP contribution is -2.27. The molecule has 1 rings (SSSR count). The van der Waals surface area contributed by atoms with E-state index in [2.05, 4.69) is 22.9 Å². The van der Waals surface area contributed by atoms with E-state index in [1.165, 1.54) is 0 Å². The van der Waals surface area contributed by atoms with Crippen LogP contribution < -0.4 is 0 Å². The van der Waals surface area contributed by atoms with E-state index in [0.717, 1.165) is 11.6 Å². The van der Waals surface area contributed by atoms with Gasteiger partial charge >= 0.3 is 0 Å². The highest BCUT2D eigenvalue weighted by Crippen LogP contribution is 2.10. The first-order valence-electron chi connectivity index (χ1n) is 4.19. The van der Waals surface area contributed by atoms with Crippen molar-refractivity contribution < 1.29 is 0 Å².